The van der Waals surface area contributed by atoms with E-state index in [-0.39, 0.29) is 5.91 Å². The molecule has 35 heavy (non-hydrogen) atoms. The summed E-state index contributed by atoms with van der Waals surface area (Å²) in [6.45, 7) is 3.42. The lowest BCUT2D eigenvalue weighted by molar-refractivity contribution is -0.131. The molecule has 1 unspecified atom stereocenters. The van der Waals surface area contributed by atoms with E-state index in [1.807, 2.05) is 23.1 Å². The topological polar surface area (TPSA) is 91.3 Å². The first-order valence-electron chi connectivity index (χ1n) is 12.2. The maximum atomic E-state index is 13.0. The molecule has 4 rings (SSSR count). The van der Waals surface area contributed by atoms with Crippen molar-refractivity contribution in [2.24, 2.45) is 0 Å². The Morgan fingerprint density at radius 1 is 1.06 bits per heavy atom. The minimum atomic E-state index is -1.01. The quantitative estimate of drug-likeness (QED) is 0.572. The van der Waals surface area contributed by atoms with Crippen LogP contribution in [0.25, 0.3) is 0 Å². The summed E-state index contributed by atoms with van der Waals surface area (Å²) in [7, 11) is 5.37. The average molecular weight is 482 g/mol. The van der Waals surface area contributed by atoms with Crippen molar-refractivity contribution in [2.75, 3.05) is 47.4 Å². The molecule has 2 aromatic carbocycles. The molecule has 2 aromatic rings. The number of carboxylic acid groups (broad SMARTS) is 1. The second-order valence-corrected chi connectivity index (χ2v) is 9.46. The number of rotatable bonds is 9. The van der Waals surface area contributed by atoms with Crippen molar-refractivity contribution in [1.82, 2.24) is 15.1 Å². The third-order valence-corrected chi connectivity index (χ3v) is 7.16. The van der Waals surface area contributed by atoms with Gasteiger partial charge in [0, 0.05) is 45.1 Å². The highest BCUT2D eigenvalue weighted by atomic mass is 16.5. The van der Waals surface area contributed by atoms with Crippen LogP contribution in [0.15, 0.2) is 30.3 Å². The molecule has 0 aromatic heterocycles. The number of hydrogen-bond acceptors (Lipinski definition) is 5. The predicted octanol–water partition coefficient (Wildman–Crippen LogP) is 3.06. The third kappa shape index (κ3) is 5.88. The number of benzene rings is 2. The summed E-state index contributed by atoms with van der Waals surface area (Å²) < 4.78 is 10.9. The summed E-state index contributed by atoms with van der Waals surface area (Å²) in [5, 5.41) is 11.2. The van der Waals surface area contributed by atoms with Crippen LogP contribution < -0.4 is 14.8 Å². The molecule has 0 fully saturated rings. The molecule has 8 nitrogen and oxygen atoms in total. The van der Waals surface area contributed by atoms with Gasteiger partial charge in [0.1, 0.15) is 0 Å². The lowest BCUT2D eigenvalue weighted by Gasteiger charge is -2.34. The first kappa shape index (κ1) is 24.9. The number of hydrogen-bond donors (Lipinski definition) is 2. The molecule has 0 saturated heterocycles. The van der Waals surface area contributed by atoms with Crippen molar-refractivity contribution in [3.8, 4) is 11.5 Å². The molecule has 0 radical (unpaired) electrons. The number of carbonyl (C=O) groups is 2. The third-order valence-electron chi connectivity index (χ3n) is 7.16. The van der Waals surface area contributed by atoms with Gasteiger partial charge in [0.05, 0.1) is 14.2 Å². The van der Waals surface area contributed by atoms with Gasteiger partial charge in [-0.15, -0.1) is 0 Å². The van der Waals surface area contributed by atoms with Crippen LogP contribution >= 0.6 is 0 Å². The van der Waals surface area contributed by atoms with Crippen LogP contribution in [0.1, 0.15) is 40.2 Å². The minimum Gasteiger partial charge on any atom is -0.493 e. The number of carbonyl (C=O) groups excluding carboxylic acids is 1. The summed E-state index contributed by atoms with van der Waals surface area (Å²) in [6.07, 6.45) is 2.14. The summed E-state index contributed by atoms with van der Waals surface area (Å²) in [4.78, 5) is 27.9. The fourth-order valence-electron chi connectivity index (χ4n) is 5.14. The van der Waals surface area contributed by atoms with Crippen LogP contribution in [0, 0.1) is 0 Å². The zero-order chi connectivity index (χ0) is 24.9. The largest absolute Gasteiger partial charge is 0.493 e. The van der Waals surface area contributed by atoms with E-state index in [9.17, 15) is 9.59 Å². The lowest BCUT2D eigenvalue weighted by atomic mass is 9.76. The van der Waals surface area contributed by atoms with Gasteiger partial charge in [0.25, 0.3) is 0 Å². The number of methoxy groups -OCH3 is 2. The van der Waals surface area contributed by atoms with Gasteiger partial charge in [-0.2, -0.15) is 0 Å². The summed E-state index contributed by atoms with van der Waals surface area (Å²) >= 11 is 0. The molecule has 1 aliphatic carbocycles. The van der Waals surface area contributed by atoms with Crippen molar-refractivity contribution >= 4 is 12.0 Å². The Labute approximate surface area is 206 Å². The van der Waals surface area contributed by atoms with Gasteiger partial charge >= 0.3 is 6.09 Å². The van der Waals surface area contributed by atoms with E-state index >= 15 is 0 Å². The van der Waals surface area contributed by atoms with Gasteiger partial charge in [-0.1, -0.05) is 18.2 Å². The maximum absolute atomic E-state index is 13.0. The Hall–Kier alpha value is -3.26. The van der Waals surface area contributed by atoms with E-state index in [0.29, 0.717) is 18.9 Å². The van der Waals surface area contributed by atoms with Crippen molar-refractivity contribution in [2.45, 2.75) is 38.1 Å². The van der Waals surface area contributed by atoms with Crippen LogP contribution in [-0.4, -0.2) is 74.4 Å². The van der Waals surface area contributed by atoms with Crippen molar-refractivity contribution < 1.29 is 24.2 Å². The number of amides is 2. The highest BCUT2D eigenvalue weighted by Gasteiger charge is 2.28. The highest BCUT2D eigenvalue weighted by Crippen LogP contribution is 2.36. The molecule has 0 saturated carbocycles. The second-order valence-electron chi connectivity index (χ2n) is 9.46. The Morgan fingerprint density at radius 3 is 2.29 bits per heavy atom. The molecule has 1 atom stereocenters. The number of nitrogens with one attached hydrogen (secondary N) is 1. The average Bonchev–Trinajstić information content (AvgIpc) is 3.05. The zero-order valence-corrected chi connectivity index (χ0v) is 20.8. The zero-order valence-electron chi connectivity index (χ0n) is 20.8. The summed E-state index contributed by atoms with van der Waals surface area (Å²) in [6, 6.07) is 10.3. The molecule has 2 amide bonds. The van der Waals surface area contributed by atoms with Gasteiger partial charge in [0.15, 0.2) is 11.5 Å². The highest BCUT2D eigenvalue weighted by molar-refractivity contribution is 5.76. The summed E-state index contributed by atoms with van der Waals surface area (Å²) in [5.41, 5.74) is 6.06. The van der Waals surface area contributed by atoms with Crippen LogP contribution in [0.4, 0.5) is 4.79 Å². The molecule has 1 heterocycles. The molecule has 2 aliphatic rings. The Bertz CT molecular complexity index is 1050. The molecule has 2 N–H and O–H groups in total. The first-order chi connectivity index (χ1) is 16.9. The van der Waals surface area contributed by atoms with Crippen molar-refractivity contribution in [3.63, 3.8) is 0 Å². The van der Waals surface area contributed by atoms with E-state index in [0.717, 1.165) is 62.5 Å². The molecule has 0 spiro atoms. The fourth-order valence-corrected chi connectivity index (χ4v) is 5.14. The van der Waals surface area contributed by atoms with Crippen LogP contribution in [0.3, 0.4) is 0 Å². The van der Waals surface area contributed by atoms with Crippen molar-refractivity contribution in [1.29, 1.82) is 0 Å². The standard InChI is InChI=1S/C27H35N3O5/c1-29(17-22-13-21-12-18(4-5-23(21)22)16-28-27(32)33)9-8-26(31)30-10-6-19-14-24(34-2)25(35-3)15-20(19)7-11-30/h4-5,12,14-15,22,28H,6-11,13,16-17H2,1-3H3,(H,32,33). The Morgan fingerprint density at radius 2 is 1.71 bits per heavy atom. The smallest absolute Gasteiger partial charge is 0.404 e. The van der Waals surface area contributed by atoms with Crippen LogP contribution in [0.5, 0.6) is 11.5 Å². The van der Waals surface area contributed by atoms with Crippen LogP contribution in [0.2, 0.25) is 0 Å². The first-order valence-corrected chi connectivity index (χ1v) is 12.2. The van der Waals surface area contributed by atoms with Crippen LogP contribution in [-0.2, 0) is 30.6 Å². The van der Waals surface area contributed by atoms with Gasteiger partial charge in [-0.25, -0.2) is 4.79 Å². The predicted molar refractivity (Wildman–Crippen MR) is 133 cm³/mol. The van der Waals surface area contributed by atoms with Gasteiger partial charge in [-0.3, -0.25) is 4.79 Å². The number of ether oxygens (including phenoxy) is 2. The van der Waals surface area contributed by atoms with E-state index in [1.165, 1.54) is 22.3 Å². The monoisotopic (exact) mass is 481 g/mol. The molecule has 188 valence electrons. The number of fused-ring (bicyclic) bond motifs is 2. The maximum Gasteiger partial charge on any atom is 0.404 e. The van der Waals surface area contributed by atoms with E-state index in [4.69, 9.17) is 14.6 Å². The lowest BCUT2D eigenvalue weighted by Crippen LogP contribution is -2.37. The molecular formula is C27H35N3O5. The minimum absolute atomic E-state index is 0.202. The normalized spacial score (nSPS) is 16.6. The molecular weight excluding hydrogens is 446 g/mol. The van der Waals surface area contributed by atoms with E-state index < -0.39 is 6.09 Å². The van der Waals surface area contributed by atoms with Gasteiger partial charge < -0.3 is 29.7 Å². The molecule has 1 aliphatic heterocycles. The second kappa shape index (κ2) is 11.0. The summed E-state index contributed by atoms with van der Waals surface area (Å²) in [5.74, 6) is 2.13. The van der Waals surface area contributed by atoms with Gasteiger partial charge in [-0.05, 0) is 66.3 Å². The molecule has 8 heteroatoms. The Balaban J connectivity index is 1.24. The fraction of sp³-hybridized carbons (Fsp3) is 0.481. The van der Waals surface area contributed by atoms with Crippen molar-refractivity contribution in [3.05, 3.63) is 58.1 Å². The van der Waals surface area contributed by atoms with E-state index in [2.05, 4.69) is 29.4 Å². The number of likely N-dealkylation sites (N-methyl/N-ethyl adjacent to an activating group) is 1. The number of nitrogens with zero attached hydrogens (tertiary/aromatic N) is 2. The van der Waals surface area contributed by atoms with Gasteiger partial charge in [0.2, 0.25) is 5.91 Å². The van der Waals surface area contributed by atoms with E-state index in [1.54, 1.807) is 14.2 Å². The SMILES string of the molecule is COc1cc2c(cc1OC)CCN(C(=O)CCN(C)CC1Cc3cc(CNC(=O)O)ccc31)CC2. The Kier molecular flexibility index (Phi) is 7.80. The molecule has 0 bridgehead atoms.